The quantitative estimate of drug-likeness (QED) is 0.656. The van der Waals surface area contributed by atoms with E-state index in [2.05, 4.69) is 23.7 Å². The van der Waals surface area contributed by atoms with E-state index in [0.717, 1.165) is 30.6 Å². The number of amides is 1. The summed E-state index contributed by atoms with van der Waals surface area (Å²) in [4.78, 5) is 14.6. The smallest absolute Gasteiger partial charge is 0.260 e. The van der Waals surface area contributed by atoms with Gasteiger partial charge in [-0.1, -0.05) is 55.5 Å². The molecule has 0 bridgehead atoms. The van der Waals surface area contributed by atoms with Gasteiger partial charge in [-0.05, 0) is 18.6 Å². The fourth-order valence-electron chi connectivity index (χ4n) is 3.68. The Morgan fingerprint density at radius 3 is 2.50 bits per heavy atom. The predicted molar refractivity (Wildman–Crippen MR) is 109 cm³/mol. The third-order valence-corrected chi connectivity index (χ3v) is 5.07. The van der Waals surface area contributed by atoms with Crippen molar-refractivity contribution >= 4 is 5.91 Å². The van der Waals surface area contributed by atoms with E-state index in [1.807, 2.05) is 53.4 Å². The van der Waals surface area contributed by atoms with Crippen molar-refractivity contribution in [3.8, 4) is 17.0 Å². The normalized spacial score (nSPS) is 13.2. The van der Waals surface area contributed by atoms with Gasteiger partial charge < -0.3 is 9.64 Å². The van der Waals surface area contributed by atoms with Crippen molar-refractivity contribution in [2.45, 2.75) is 32.9 Å². The minimum absolute atomic E-state index is 0.0109. The van der Waals surface area contributed by atoms with Crippen LogP contribution in [0.5, 0.6) is 5.75 Å². The molecule has 0 saturated heterocycles. The van der Waals surface area contributed by atoms with E-state index in [0.29, 0.717) is 18.8 Å². The zero-order valence-corrected chi connectivity index (χ0v) is 16.2. The molecule has 144 valence electrons. The molecule has 4 rings (SSSR count). The Morgan fingerprint density at radius 2 is 1.79 bits per heavy atom. The summed E-state index contributed by atoms with van der Waals surface area (Å²) in [5.41, 5.74) is 4.52. The van der Waals surface area contributed by atoms with Gasteiger partial charge in [0.25, 0.3) is 5.91 Å². The maximum Gasteiger partial charge on any atom is 0.260 e. The third-order valence-electron chi connectivity index (χ3n) is 5.07. The minimum Gasteiger partial charge on any atom is -0.484 e. The van der Waals surface area contributed by atoms with Crippen LogP contribution >= 0.6 is 0 Å². The van der Waals surface area contributed by atoms with Crippen LogP contribution in [-0.4, -0.2) is 33.7 Å². The van der Waals surface area contributed by atoms with Gasteiger partial charge in [0.2, 0.25) is 0 Å². The molecule has 28 heavy (non-hydrogen) atoms. The Kier molecular flexibility index (Phi) is 5.42. The molecule has 0 aliphatic carbocycles. The number of aryl methyl sites for hydroxylation is 1. The van der Waals surface area contributed by atoms with Crippen LogP contribution in [0.3, 0.4) is 0 Å². The van der Waals surface area contributed by atoms with Crippen LogP contribution < -0.4 is 4.74 Å². The van der Waals surface area contributed by atoms with E-state index in [4.69, 9.17) is 9.84 Å². The van der Waals surface area contributed by atoms with Crippen LogP contribution in [0.25, 0.3) is 11.3 Å². The van der Waals surface area contributed by atoms with Crippen molar-refractivity contribution < 1.29 is 9.53 Å². The average molecular weight is 375 g/mol. The number of nitrogens with zero attached hydrogens (tertiary/aromatic N) is 3. The Bertz CT molecular complexity index is 935. The summed E-state index contributed by atoms with van der Waals surface area (Å²) in [5.74, 6) is 0.728. The SMILES string of the molecule is CCCn1nc(-c2ccccc2)c2c1CCN(C(=O)COc1ccccc1)C2. The van der Waals surface area contributed by atoms with Gasteiger partial charge in [-0.2, -0.15) is 5.10 Å². The van der Waals surface area contributed by atoms with Gasteiger partial charge in [0.15, 0.2) is 6.61 Å². The maximum absolute atomic E-state index is 12.7. The van der Waals surface area contributed by atoms with Crippen LogP contribution in [-0.2, 0) is 24.3 Å². The Hall–Kier alpha value is -3.08. The van der Waals surface area contributed by atoms with Crippen molar-refractivity contribution in [2.75, 3.05) is 13.2 Å². The second-order valence-corrected chi connectivity index (χ2v) is 7.03. The van der Waals surface area contributed by atoms with Gasteiger partial charge >= 0.3 is 0 Å². The molecule has 0 atom stereocenters. The first kappa shape index (κ1) is 18.3. The molecule has 0 fully saturated rings. The highest BCUT2D eigenvalue weighted by molar-refractivity contribution is 5.78. The van der Waals surface area contributed by atoms with Gasteiger partial charge in [-0.25, -0.2) is 0 Å². The largest absolute Gasteiger partial charge is 0.484 e. The highest BCUT2D eigenvalue weighted by Crippen LogP contribution is 2.30. The van der Waals surface area contributed by atoms with Crippen LogP contribution in [0.2, 0.25) is 0 Å². The summed E-state index contributed by atoms with van der Waals surface area (Å²) < 4.78 is 7.78. The number of fused-ring (bicyclic) bond motifs is 1. The molecule has 2 heterocycles. The zero-order valence-electron chi connectivity index (χ0n) is 16.2. The number of ether oxygens (including phenoxy) is 1. The van der Waals surface area contributed by atoms with Crippen molar-refractivity contribution in [1.29, 1.82) is 0 Å². The molecule has 3 aromatic rings. The van der Waals surface area contributed by atoms with E-state index in [1.165, 1.54) is 11.3 Å². The molecule has 1 aromatic heterocycles. The standard InChI is InChI=1S/C23H25N3O2/c1-2-14-26-21-13-15-25(22(27)17-28-19-11-7-4-8-12-19)16-20(21)23(24-26)18-9-5-3-6-10-18/h3-12H,2,13-17H2,1H3. The first-order valence-corrected chi connectivity index (χ1v) is 9.86. The topological polar surface area (TPSA) is 47.4 Å². The highest BCUT2D eigenvalue weighted by Gasteiger charge is 2.28. The summed E-state index contributed by atoms with van der Waals surface area (Å²) in [6.45, 7) is 4.41. The lowest BCUT2D eigenvalue weighted by molar-refractivity contribution is -0.134. The summed E-state index contributed by atoms with van der Waals surface area (Å²) >= 11 is 0. The maximum atomic E-state index is 12.7. The van der Waals surface area contributed by atoms with Gasteiger partial charge in [-0.3, -0.25) is 9.48 Å². The van der Waals surface area contributed by atoms with Crippen LogP contribution in [0, 0.1) is 0 Å². The third kappa shape index (κ3) is 3.79. The summed E-state index contributed by atoms with van der Waals surface area (Å²) in [7, 11) is 0. The molecule has 0 saturated carbocycles. The van der Waals surface area contributed by atoms with Gasteiger partial charge in [0, 0.05) is 42.9 Å². The number of rotatable bonds is 6. The van der Waals surface area contributed by atoms with Crippen molar-refractivity contribution in [3.05, 3.63) is 71.9 Å². The second-order valence-electron chi connectivity index (χ2n) is 7.03. The number of carbonyl (C=O) groups is 1. The summed E-state index contributed by atoms with van der Waals surface area (Å²) in [6, 6.07) is 19.7. The highest BCUT2D eigenvalue weighted by atomic mass is 16.5. The van der Waals surface area contributed by atoms with Gasteiger partial charge in [0.1, 0.15) is 5.75 Å². The van der Waals surface area contributed by atoms with Crippen LogP contribution in [0.1, 0.15) is 24.6 Å². The average Bonchev–Trinajstić information content (AvgIpc) is 3.11. The lowest BCUT2D eigenvalue weighted by Crippen LogP contribution is -2.39. The van der Waals surface area contributed by atoms with Gasteiger partial charge in [0.05, 0.1) is 5.69 Å². The lowest BCUT2D eigenvalue weighted by atomic mass is 10.0. The lowest BCUT2D eigenvalue weighted by Gasteiger charge is -2.28. The molecule has 1 amide bonds. The van der Waals surface area contributed by atoms with Gasteiger partial charge in [-0.15, -0.1) is 0 Å². The zero-order chi connectivity index (χ0) is 19.3. The minimum atomic E-state index is 0.0109. The summed E-state index contributed by atoms with van der Waals surface area (Å²) in [5, 5.41) is 4.89. The first-order chi connectivity index (χ1) is 13.8. The monoisotopic (exact) mass is 375 g/mol. The second kappa shape index (κ2) is 8.30. The van der Waals surface area contributed by atoms with Crippen LogP contribution in [0.4, 0.5) is 0 Å². The number of carbonyl (C=O) groups excluding carboxylic acids is 1. The van der Waals surface area contributed by atoms with E-state index in [1.54, 1.807) is 0 Å². The molecule has 2 aromatic carbocycles. The fourth-order valence-corrected chi connectivity index (χ4v) is 3.68. The molecule has 5 heteroatoms. The van der Waals surface area contributed by atoms with Crippen molar-refractivity contribution in [2.24, 2.45) is 0 Å². The Balaban J connectivity index is 1.54. The van der Waals surface area contributed by atoms with E-state index in [-0.39, 0.29) is 12.5 Å². The Labute approximate surface area is 165 Å². The number of benzene rings is 2. The molecule has 0 N–H and O–H groups in total. The fraction of sp³-hybridized carbons (Fsp3) is 0.304. The molecular formula is C23H25N3O2. The van der Waals surface area contributed by atoms with E-state index >= 15 is 0 Å². The number of hydrogen-bond donors (Lipinski definition) is 0. The first-order valence-electron chi connectivity index (χ1n) is 9.86. The molecule has 0 unspecified atom stereocenters. The molecule has 1 aliphatic rings. The van der Waals surface area contributed by atoms with Crippen molar-refractivity contribution in [3.63, 3.8) is 0 Å². The molecular weight excluding hydrogens is 350 g/mol. The number of para-hydroxylation sites is 1. The molecule has 0 radical (unpaired) electrons. The number of hydrogen-bond acceptors (Lipinski definition) is 3. The Morgan fingerprint density at radius 1 is 1.07 bits per heavy atom. The molecule has 1 aliphatic heterocycles. The molecule has 0 spiro atoms. The molecule has 5 nitrogen and oxygen atoms in total. The van der Waals surface area contributed by atoms with Crippen LogP contribution in [0.15, 0.2) is 60.7 Å². The van der Waals surface area contributed by atoms with E-state index < -0.39 is 0 Å². The van der Waals surface area contributed by atoms with Crippen molar-refractivity contribution in [1.82, 2.24) is 14.7 Å². The summed E-state index contributed by atoms with van der Waals surface area (Å²) in [6.07, 6.45) is 1.86. The predicted octanol–water partition coefficient (Wildman–Crippen LogP) is 3.92. The van der Waals surface area contributed by atoms with E-state index in [9.17, 15) is 4.79 Å². The number of aromatic nitrogens is 2.